The number of nitrogens with one attached hydrogen (secondary N) is 1. The van der Waals surface area contributed by atoms with Gasteiger partial charge in [-0.15, -0.1) is 0 Å². The van der Waals surface area contributed by atoms with E-state index in [0.29, 0.717) is 11.1 Å². The molecule has 7 heteroatoms. The van der Waals surface area contributed by atoms with Gasteiger partial charge in [0.25, 0.3) is 0 Å². The maximum Gasteiger partial charge on any atom is 0.343 e. The highest BCUT2D eigenvalue weighted by Crippen LogP contribution is 2.05. The lowest BCUT2D eigenvalue weighted by molar-refractivity contribution is -0.163. The normalized spacial score (nSPS) is 9.20. The first kappa shape index (κ1) is 15.2. The van der Waals surface area contributed by atoms with Gasteiger partial charge in [0, 0.05) is 6.92 Å². The van der Waals surface area contributed by atoms with Crippen LogP contribution in [0.15, 0.2) is 24.3 Å². The molecule has 1 N–H and O–H groups in total. The van der Waals surface area contributed by atoms with Gasteiger partial charge in [-0.25, -0.2) is 4.79 Å². The Morgan fingerprint density at radius 1 is 1.20 bits per heavy atom. The molecule has 0 spiro atoms. The van der Waals surface area contributed by atoms with Crippen molar-refractivity contribution in [2.45, 2.75) is 20.0 Å². The van der Waals surface area contributed by atoms with Crippen molar-refractivity contribution in [3.05, 3.63) is 35.4 Å². The van der Waals surface area contributed by atoms with Gasteiger partial charge in [0.05, 0.1) is 11.6 Å². The Bertz CT molecular complexity index is 545. The van der Waals surface area contributed by atoms with Gasteiger partial charge in [-0.3, -0.25) is 9.59 Å². The molecule has 0 aliphatic heterocycles. The molecule has 0 fully saturated rings. The number of hydrogen-bond acceptors (Lipinski definition) is 6. The summed E-state index contributed by atoms with van der Waals surface area (Å²) in [6.45, 7) is 1.15. The Kier molecular flexibility index (Phi) is 5.72. The summed E-state index contributed by atoms with van der Waals surface area (Å²) in [7, 11) is 0. The molecule has 0 saturated heterocycles. The molecular weight excluding hydrogens is 264 g/mol. The van der Waals surface area contributed by atoms with Crippen LogP contribution >= 0.6 is 0 Å². The average Bonchev–Trinajstić information content (AvgIpc) is 2.43. The maximum atomic E-state index is 11.3. The molecule has 1 amide bonds. The lowest BCUT2D eigenvalue weighted by Gasteiger charge is -2.05. The first-order chi connectivity index (χ1) is 9.51. The number of nitriles is 1. The van der Waals surface area contributed by atoms with E-state index in [-0.39, 0.29) is 6.61 Å². The SMILES string of the molecule is CC(=O)NOC(=O)CC(=O)OCc1ccc(C#N)cc1. The van der Waals surface area contributed by atoms with Crippen LogP contribution in [0.4, 0.5) is 0 Å². The molecule has 0 heterocycles. The predicted molar refractivity (Wildman–Crippen MR) is 65.5 cm³/mol. The van der Waals surface area contributed by atoms with Crippen LogP contribution in [0.3, 0.4) is 0 Å². The maximum absolute atomic E-state index is 11.3. The van der Waals surface area contributed by atoms with Crippen molar-refractivity contribution in [2.75, 3.05) is 0 Å². The summed E-state index contributed by atoms with van der Waals surface area (Å²) in [6, 6.07) is 8.43. The number of esters is 1. The number of hydrogen-bond donors (Lipinski definition) is 1. The van der Waals surface area contributed by atoms with E-state index in [0.717, 1.165) is 6.92 Å². The summed E-state index contributed by atoms with van der Waals surface area (Å²) >= 11 is 0. The number of carbonyl (C=O) groups excluding carboxylic acids is 3. The highest BCUT2D eigenvalue weighted by Gasteiger charge is 2.13. The van der Waals surface area contributed by atoms with Gasteiger partial charge in [-0.05, 0) is 17.7 Å². The van der Waals surface area contributed by atoms with Gasteiger partial charge in [0.2, 0.25) is 5.91 Å². The Balaban J connectivity index is 2.33. The van der Waals surface area contributed by atoms with E-state index < -0.39 is 24.3 Å². The van der Waals surface area contributed by atoms with Gasteiger partial charge < -0.3 is 9.57 Å². The number of carbonyl (C=O) groups is 3. The summed E-state index contributed by atoms with van der Waals surface area (Å²) in [5, 5.41) is 8.62. The minimum absolute atomic E-state index is 0.0159. The number of amides is 1. The topological polar surface area (TPSA) is 105 Å². The second-order valence-corrected chi connectivity index (χ2v) is 3.78. The van der Waals surface area contributed by atoms with Gasteiger partial charge in [0.1, 0.15) is 13.0 Å². The number of nitrogens with zero attached hydrogens (tertiary/aromatic N) is 1. The van der Waals surface area contributed by atoms with E-state index in [4.69, 9.17) is 10.00 Å². The largest absolute Gasteiger partial charge is 0.460 e. The van der Waals surface area contributed by atoms with E-state index in [1.807, 2.05) is 11.5 Å². The highest BCUT2D eigenvalue weighted by atomic mass is 16.7. The van der Waals surface area contributed by atoms with Crippen molar-refractivity contribution >= 4 is 17.8 Å². The summed E-state index contributed by atoms with van der Waals surface area (Å²) in [6.07, 6.45) is -0.601. The van der Waals surface area contributed by atoms with Crippen molar-refractivity contribution in [2.24, 2.45) is 0 Å². The molecule has 0 saturated carbocycles. The quantitative estimate of drug-likeness (QED) is 0.490. The fourth-order valence-corrected chi connectivity index (χ4v) is 1.17. The molecule has 1 aromatic rings. The van der Waals surface area contributed by atoms with Gasteiger partial charge in [-0.2, -0.15) is 10.7 Å². The second kappa shape index (κ2) is 7.53. The molecule has 0 atom stereocenters. The summed E-state index contributed by atoms with van der Waals surface area (Å²) < 4.78 is 4.84. The first-order valence-corrected chi connectivity index (χ1v) is 5.62. The minimum Gasteiger partial charge on any atom is -0.460 e. The minimum atomic E-state index is -0.912. The molecular formula is C13H12N2O5. The second-order valence-electron chi connectivity index (χ2n) is 3.78. The summed E-state index contributed by atoms with van der Waals surface area (Å²) in [5.41, 5.74) is 3.00. The molecule has 0 aromatic heterocycles. The van der Waals surface area contributed by atoms with Gasteiger partial charge in [-0.1, -0.05) is 12.1 Å². The number of hydroxylamine groups is 1. The smallest absolute Gasteiger partial charge is 0.343 e. The van der Waals surface area contributed by atoms with Crippen molar-refractivity contribution in [1.82, 2.24) is 5.48 Å². The Morgan fingerprint density at radius 3 is 2.40 bits per heavy atom. The van der Waals surface area contributed by atoms with Crippen LogP contribution in [-0.4, -0.2) is 17.8 Å². The number of rotatable bonds is 4. The highest BCUT2D eigenvalue weighted by molar-refractivity contribution is 5.91. The zero-order valence-corrected chi connectivity index (χ0v) is 10.7. The van der Waals surface area contributed by atoms with Crippen molar-refractivity contribution in [3.63, 3.8) is 0 Å². The van der Waals surface area contributed by atoms with Crippen LogP contribution in [0, 0.1) is 11.3 Å². The van der Waals surface area contributed by atoms with Crippen LogP contribution in [0.5, 0.6) is 0 Å². The Hall–Kier alpha value is -2.88. The van der Waals surface area contributed by atoms with Crippen LogP contribution in [-0.2, 0) is 30.6 Å². The van der Waals surface area contributed by atoms with E-state index in [9.17, 15) is 14.4 Å². The summed E-state index contributed by atoms with van der Waals surface area (Å²) in [5.74, 6) is -2.24. The van der Waals surface area contributed by atoms with E-state index >= 15 is 0 Å². The third kappa shape index (κ3) is 5.64. The van der Waals surface area contributed by atoms with E-state index in [2.05, 4.69) is 4.84 Å². The number of ether oxygens (including phenoxy) is 1. The van der Waals surface area contributed by atoms with Crippen LogP contribution in [0.2, 0.25) is 0 Å². The molecule has 0 unspecified atom stereocenters. The summed E-state index contributed by atoms with van der Waals surface area (Å²) in [4.78, 5) is 37.1. The zero-order valence-electron chi connectivity index (χ0n) is 10.7. The van der Waals surface area contributed by atoms with Gasteiger partial charge >= 0.3 is 11.9 Å². The lowest BCUT2D eigenvalue weighted by Crippen LogP contribution is -2.26. The third-order valence-corrected chi connectivity index (χ3v) is 2.08. The standard InChI is InChI=1S/C13H12N2O5/c1-9(16)15-20-13(18)6-12(17)19-8-11-4-2-10(7-14)3-5-11/h2-5H,6,8H2,1H3,(H,15,16). The van der Waals surface area contributed by atoms with Crippen molar-refractivity contribution in [3.8, 4) is 6.07 Å². The van der Waals surface area contributed by atoms with Crippen LogP contribution < -0.4 is 5.48 Å². The molecule has 20 heavy (non-hydrogen) atoms. The van der Waals surface area contributed by atoms with E-state index in [1.54, 1.807) is 24.3 Å². The van der Waals surface area contributed by atoms with Crippen LogP contribution in [0.25, 0.3) is 0 Å². The lowest BCUT2D eigenvalue weighted by atomic mass is 10.2. The molecule has 1 rings (SSSR count). The Labute approximate surface area is 115 Å². The first-order valence-electron chi connectivity index (χ1n) is 5.62. The van der Waals surface area contributed by atoms with Crippen molar-refractivity contribution < 1.29 is 24.0 Å². The third-order valence-electron chi connectivity index (χ3n) is 2.08. The fourth-order valence-electron chi connectivity index (χ4n) is 1.17. The van der Waals surface area contributed by atoms with Gasteiger partial charge in [0.15, 0.2) is 0 Å². The fraction of sp³-hybridized carbons (Fsp3) is 0.231. The molecule has 0 bridgehead atoms. The van der Waals surface area contributed by atoms with E-state index in [1.165, 1.54) is 0 Å². The molecule has 0 aliphatic rings. The molecule has 7 nitrogen and oxygen atoms in total. The monoisotopic (exact) mass is 276 g/mol. The molecule has 0 radical (unpaired) electrons. The predicted octanol–water partition coefficient (Wildman–Crippen LogP) is 0.586. The number of benzene rings is 1. The average molecular weight is 276 g/mol. The van der Waals surface area contributed by atoms with Crippen LogP contribution in [0.1, 0.15) is 24.5 Å². The molecule has 104 valence electrons. The molecule has 1 aromatic carbocycles. The Morgan fingerprint density at radius 2 is 1.85 bits per heavy atom. The molecule has 0 aliphatic carbocycles. The zero-order chi connectivity index (χ0) is 15.0. The van der Waals surface area contributed by atoms with Crippen molar-refractivity contribution in [1.29, 1.82) is 5.26 Å².